The minimum atomic E-state index is 0.676. The maximum atomic E-state index is 4.33. The van der Waals surface area contributed by atoms with Crippen molar-refractivity contribution in [1.82, 2.24) is 20.0 Å². The van der Waals surface area contributed by atoms with E-state index in [1.54, 1.807) is 0 Å². The number of piperidine rings is 1. The molecule has 1 aliphatic heterocycles. The van der Waals surface area contributed by atoms with E-state index in [1.807, 2.05) is 10.9 Å². The molecule has 1 unspecified atom stereocenters. The molecular weight excluding hydrogens is 212 g/mol. The first-order valence-electron chi connectivity index (χ1n) is 6.79. The average Bonchev–Trinajstić information content (AvgIpc) is 2.78. The summed E-state index contributed by atoms with van der Waals surface area (Å²) in [5.41, 5.74) is 1.34. The van der Waals surface area contributed by atoms with Gasteiger partial charge in [0.1, 0.15) is 0 Å². The lowest BCUT2D eigenvalue weighted by Crippen LogP contribution is -2.45. The van der Waals surface area contributed by atoms with Gasteiger partial charge in [0.2, 0.25) is 0 Å². The zero-order valence-corrected chi connectivity index (χ0v) is 11.0. The van der Waals surface area contributed by atoms with Crippen molar-refractivity contribution in [3.8, 4) is 0 Å². The Morgan fingerprint density at radius 1 is 1.47 bits per heavy atom. The second-order valence-electron chi connectivity index (χ2n) is 4.84. The van der Waals surface area contributed by atoms with Gasteiger partial charge in [-0.25, -0.2) is 0 Å². The second kappa shape index (κ2) is 6.17. The van der Waals surface area contributed by atoms with Gasteiger partial charge >= 0.3 is 0 Å². The third-order valence-corrected chi connectivity index (χ3v) is 3.42. The summed E-state index contributed by atoms with van der Waals surface area (Å²) in [5.74, 6) is 0. The first-order chi connectivity index (χ1) is 8.31. The monoisotopic (exact) mass is 236 g/mol. The summed E-state index contributed by atoms with van der Waals surface area (Å²) < 4.78 is 2.00. The predicted molar refractivity (Wildman–Crippen MR) is 69.9 cm³/mol. The lowest BCUT2D eigenvalue weighted by molar-refractivity contribution is 0.184. The molecule has 0 aliphatic carbocycles. The van der Waals surface area contributed by atoms with Crippen LogP contribution in [-0.4, -0.2) is 40.4 Å². The van der Waals surface area contributed by atoms with Gasteiger partial charge in [-0.15, -0.1) is 0 Å². The molecule has 2 heterocycles. The van der Waals surface area contributed by atoms with Gasteiger partial charge in [-0.3, -0.25) is 9.58 Å². The molecule has 0 saturated carbocycles. The molecule has 1 aromatic rings. The number of aryl methyl sites for hydroxylation is 1. The largest absolute Gasteiger partial charge is 0.313 e. The van der Waals surface area contributed by atoms with Crippen molar-refractivity contribution in [1.29, 1.82) is 0 Å². The van der Waals surface area contributed by atoms with Crippen LogP contribution >= 0.6 is 0 Å². The Morgan fingerprint density at radius 3 is 3.06 bits per heavy atom. The van der Waals surface area contributed by atoms with E-state index in [0.717, 1.165) is 19.6 Å². The third-order valence-electron chi connectivity index (χ3n) is 3.42. The molecule has 0 spiro atoms. The standard InChI is InChI=1S/C13H24N4/c1-3-14-13-6-5-7-16(11-13)9-12-8-15-17(4-2)10-12/h8,10,13-14H,3-7,9,11H2,1-2H3. The molecule has 2 rings (SSSR count). The minimum Gasteiger partial charge on any atom is -0.313 e. The van der Waals surface area contributed by atoms with Gasteiger partial charge < -0.3 is 5.32 Å². The number of aromatic nitrogens is 2. The van der Waals surface area contributed by atoms with Crippen molar-refractivity contribution in [3.05, 3.63) is 18.0 Å². The van der Waals surface area contributed by atoms with Crippen LogP contribution in [0.25, 0.3) is 0 Å². The molecule has 96 valence electrons. The van der Waals surface area contributed by atoms with Crippen LogP contribution in [0.4, 0.5) is 0 Å². The predicted octanol–water partition coefficient (Wildman–Crippen LogP) is 1.48. The lowest BCUT2D eigenvalue weighted by atomic mass is 10.1. The van der Waals surface area contributed by atoms with Crippen LogP contribution in [0, 0.1) is 0 Å². The normalized spacial score (nSPS) is 21.9. The topological polar surface area (TPSA) is 33.1 Å². The number of rotatable bonds is 5. The van der Waals surface area contributed by atoms with Gasteiger partial charge in [-0.2, -0.15) is 5.10 Å². The van der Waals surface area contributed by atoms with Crippen molar-refractivity contribution in [3.63, 3.8) is 0 Å². The highest BCUT2D eigenvalue weighted by atomic mass is 15.3. The fraction of sp³-hybridized carbons (Fsp3) is 0.769. The maximum absolute atomic E-state index is 4.33. The van der Waals surface area contributed by atoms with E-state index in [0.29, 0.717) is 6.04 Å². The number of likely N-dealkylation sites (N-methyl/N-ethyl adjacent to an activating group) is 1. The molecule has 1 atom stereocenters. The molecule has 4 heteroatoms. The van der Waals surface area contributed by atoms with Crippen molar-refractivity contribution < 1.29 is 0 Å². The minimum absolute atomic E-state index is 0.676. The van der Waals surface area contributed by atoms with Gasteiger partial charge in [0, 0.05) is 37.4 Å². The van der Waals surface area contributed by atoms with E-state index in [1.165, 1.54) is 31.5 Å². The molecule has 0 amide bonds. The van der Waals surface area contributed by atoms with Crippen molar-refractivity contribution in [2.75, 3.05) is 19.6 Å². The van der Waals surface area contributed by atoms with Crippen LogP contribution in [0.5, 0.6) is 0 Å². The van der Waals surface area contributed by atoms with Crippen molar-refractivity contribution in [2.45, 2.75) is 45.8 Å². The van der Waals surface area contributed by atoms with E-state index in [9.17, 15) is 0 Å². The third kappa shape index (κ3) is 3.54. The maximum Gasteiger partial charge on any atom is 0.0534 e. The summed E-state index contributed by atoms with van der Waals surface area (Å²) in [6.45, 7) is 9.78. The van der Waals surface area contributed by atoms with Crippen molar-refractivity contribution >= 4 is 0 Å². The molecule has 0 aromatic carbocycles. The van der Waals surface area contributed by atoms with Gasteiger partial charge in [-0.05, 0) is 32.9 Å². The quantitative estimate of drug-likeness (QED) is 0.840. The van der Waals surface area contributed by atoms with Gasteiger partial charge in [0.05, 0.1) is 6.20 Å². The fourth-order valence-corrected chi connectivity index (χ4v) is 2.57. The number of hydrogen-bond donors (Lipinski definition) is 1. The van der Waals surface area contributed by atoms with E-state index >= 15 is 0 Å². The molecule has 1 N–H and O–H groups in total. The molecule has 1 saturated heterocycles. The zero-order chi connectivity index (χ0) is 12.1. The Balaban J connectivity index is 1.85. The van der Waals surface area contributed by atoms with Crippen LogP contribution < -0.4 is 5.32 Å². The Labute approximate surface area is 104 Å². The summed E-state index contributed by atoms with van der Waals surface area (Å²) in [6.07, 6.45) is 6.79. The average molecular weight is 236 g/mol. The summed E-state index contributed by atoms with van der Waals surface area (Å²) in [7, 11) is 0. The van der Waals surface area contributed by atoms with E-state index in [2.05, 4.69) is 35.4 Å². The summed E-state index contributed by atoms with van der Waals surface area (Å²) in [6, 6.07) is 0.676. The molecule has 0 radical (unpaired) electrons. The highest BCUT2D eigenvalue weighted by Gasteiger charge is 2.19. The molecule has 1 aromatic heterocycles. The zero-order valence-electron chi connectivity index (χ0n) is 11.0. The number of nitrogens with one attached hydrogen (secondary N) is 1. The number of likely N-dealkylation sites (tertiary alicyclic amines) is 1. The van der Waals surface area contributed by atoms with Crippen LogP contribution in [0.15, 0.2) is 12.4 Å². The molecule has 1 fully saturated rings. The summed E-state index contributed by atoms with van der Waals surface area (Å²) in [5, 5.41) is 7.88. The van der Waals surface area contributed by atoms with Crippen LogP contribution in [0.3, 0.4) is 0 Å². The number of hydrogen-bond acceptors (Lipinski definition) is 3. The SMILES string of the molecule is CCNC1CCCN(Cc2cnn(CC)c2)C1. The Kier molecular flexibility index (Phi) is 4.57. The van der Waals surface area contributed by atoms with Crippen LogP contribution in [0.1, 0.15) is 32.3 Å². The Morgan fingerprint density at radius 2 is 2.35 bits per heavy atom. The fourth-order valence-electron chi connectivity index (χ4n) is 2.57. The Hall–Kier alpha value is -0.870. The molecule has 4 nitrogen and oxygen atoms in total. The molecule has 0 bridgehead atoms. The smallest absolute Gasteiger partial charge is 0.0534 e. The molecular formula is C13H24N4. The van der Waals surface area contributed by atoms with Gasteiger partial charge in [0.25, 0.3) is 0 Å². The van der Waals surface area contributed by atoms with Crippen LogP contribution in [-0.2, 0) is 13.1 Å². The first kappa shape index (κ1) is 12.6. The van der Waals surface area contributed by atoms with Crippen LogP contribution in [0.2, 0.25) is 0 Å². The summed E-state index contributed by atoms with van der Waals surface area (Å²) >= 11 is 0. The molecule has 17 heavy (non-hydrogen) atoms. The Bertz CT molecular complexity index is 332. The highest BCUT2D eigenvalue weighted by molar-refractivity contribution is 5.04. The van der Waals surface area contributed by atoms with E-state index in [4.69, 9.17) is 0 Å². The van der Waals surface area contributed by atoms with E-state index < -0.39 is 0 Å². The molecule has 1 aliphatic rings. The highest BCUT2D eigenvalue weighted by Crippen LogP contribution is 2.13. The summed E-state index contributed by atoms with van der Waals surface area (Å²) in [4.78, 5) is 2.54. The lowest BCUT2D eigenvalue weighted by Gasteiger charge is -2.32. The van der Waals surface area contributed by atoms with Gasteiger partial charge in [0.15, 0.2) is 0 Å². The van der Waals surface area contributed by atoms with Gasteiger partial charge in [-0.1, -0.05) is 6.92 Å². The second-order valence-corrected chi connectivity index (χ2v) is 4.84. The number of nitrogens with zero attached hydrogens (tertiary/aromatic N) is 3. The van der Waals surface area contributed by atoms with E-state index in [-0.39, 0.29) is 0 Å². The first-order valence-corrected chi connectivity index (χ1v) is 6.79. The van der Waals surface area contributed by atoms with Crippen molar-refractivity contribution in [2.24, 2.45) is 0 Å².